The van der Waals surface area contributed by atoms with Crippen LogP contribution < -0.4 is 10.1 Å². The maximum Gasteiger partial charge on any atom is 0.262 e. The molecule has 2 aliphatic heterocycles. The monoisotopic (exact) mass is 401 g/mol. The lowest BCUT2D eigenvalue weighted by molar-refractivity contribution is -0.136. The molecular formula is C22H31N3O4. The topological polar surface area (TPSA) is 79.0 Å². The van der Waals surface area contributed by atoms with Crippen molar-refractivity contribution in [2.45, 2.75) is 52.6 Å². The number of nitrogens with one attached hydrogen (secondary N) is 1. The number of carbonyl (C=O) groups is 3. The second-order valence-electron chi connectivity index (χ2n) is 8.45. The SMILES string of the molecule is CC(C)N(C(=O)CN1CCC(C(=O)c2ccc3c(c2)NC(=O)CO3)CC1)C(C)C. The number of likely N-dealkylation sites (tertiary alicyclic amines) is 1. The van der Waals surface area contributed by atoms with E-state index < -0.39 is 0 Å². The van der Waals surface area contributed by atoms with E-state index in [1.165, 1.54) is 0 Å². The molecule has 7 heteroatoms. The molecule has 29 heavy (non-hydrogen) atoms. The van der Waals surface area contributed by atoms with E-state index >= 15 is 0 Å². The van der Waals surface area contributed by atoms with Crippen LogP contribution in [0, 0.1) is 5.92 Å². The first kappa shape index (κ1) is 21.3. The summed E-state index contributed by atoms with van der Waals surface area (Å²) in [6.07, 6.45) is 1.46. The molecule has 0 atom stereocenters. The van der Waals surface area contributed by atoms with Crippen molar-refractivity contribution < 1.29 is 19.1 Å². The molecule has 0 bridgehead atoms. The zero-order valence-electron chi connectivity index (χ0n) is 17.7. The molecule has 1 N–H and O–H groups in total. The molecule has 3 rings (SSSR count). The Morgan fingerprint density at radius 1 is 1.17 bits per heavy atom. The summed E-state index contributed by atoms with van der Waals surface area (Å²) in [4.78, 5) is 41.2. The van der Waals surface area contributed by atoms with E-state index in [2.05, 4.69) is 10.2 Å². The van der Waals surface area contributed by atoms with Gasteiger partial charge in [-0.2, -0.15) is 0 Å². The molecule has 0 saturated carbocycles. The van der Waals surface area contributed by atoms with Gasteiger partial charge in [0.1, 0.15) is 5.75 Å². The van der Waals surface area contributed by atoms with Gasteiger partial charge < -0.3 is 15.0 Å². The van der Waals surface area contributed by atoms with E-state index in [0.717, 1.165) is 25.9 Å². The second kappa shape index (κ2) is 8.95. The van der Waals surface area contributed by atoms with Gasteiger partial charge in [0, 0.05) is 23.6 Å². The highest BCUT2D eigenvalue weighted by atomic mass is 16.5. The van der Waals surface area contributed by atoms with E-state index in [-0.39, 0.29) is 42.2 Å². The summed E-state index contributed by atoms with van der Waals surface area (Å²) in [5.74, 6) is 0.548. The van der Waals surface area contributed by atoms with Crippen molar-refractivity contribution >= 4 is 23.3 Å². The van der Waals surface area contributed by atoms with Gasteiger partial charge in [-0.3, -0.25) is 19.3 Å². The molecule has 0 aliphatic carbocycles. The summed E-state index contributed by atoms with van der Waals surface area (Å²) in [6.45, 7) is 10.0. The van der Waals surface area contributed by atoms with Gasteiger partial charge >= 0.3 is 0 Å². The third-order valence-electron chi connectivity index (χ3n) is 5.61. The summed E-state index contributed by atoms with van der Waals surface area (Å²) in [6, 6.07) is 5.55. The Morgan fingerprint density at radius 2 is 1.83 bits per heavy atom. The van der Waals surface area contributed by atoms with Crippen LogP contribution in [-0.4, -0.2) is 65.7 Å². The summed E-state index contributed by atoms with van der Waals surface area (Å²) in [7, 11) is 0. The Kier molecular flexibility index (Phi) is 6.57. The highest BCUT2D eigenvalue weighted by Crippen LogP contribution is 2.30. The van der Waals surface area contributed by atoms with Crippen LogP contribution in [0.2, 0.25) is 0 Å². The molecule has 158 valence electrons. The number of benzene rings is 1. The summed E-state index contributed by atoms with van der Waals surface area (Å²) >= 11 is 0. The average Bonchev–Trinajstić information content (AvgIpc) is 2.66. The van der Waals surface area contributed by atoms with Crippen molar-refractivity contribution in [3.63, 3.8) is 0 Å². The Hall–Kier alpha value is -2.41. The smallest absolute Gasteiger partial charge is 0.262 e. The number of carbonyl (C=O) groups excluding carboxylic acids is 3. The number of anilines is 1. The van der Waals surface area contributed by atoms with E-state index in [1.807, 2.05) is 32.6 Å². The highest BCUT2D eigenvalue weighted by Gasteiger charge is 2.29. The number of piperidine rings is 1. The molecule has 2 aliphatic rings. The minimum Gasteiger partial charge on any atom is -0.482 e. The number of hydrogen-bond donors (Lipinski definition) is 1. The number of nitrogens with zero attached hydrogens (tertiary/aromatic N) is 2. The van der Waals surface area contributed by atoms with Gasteiger partial charge in [-0.15, -0.1) is 0 Å². The normalized spacial score (nSPS) is 17.7. The van der Waals surface area contributed by atoms with Crippen molar-refractivity contribution in [2.24, 2.45) is 5.92 Å². The van der Waals surface area contributed by atoms with E-state index in [9.17, 15) is 14.4 Å². The first-order chi connectivity index (χ1) is 13.8. The van der Waals surface area contributed by atoms with Crippen LogP contribution in [0.1, 0.15) is 50.9 Å². The lowest BCUT2D eigenvalue weighted by Gasteiger charge is -2.35. The van der Waals surface area contributed by atoms with Crippen LogP contribution in [0.4, 0.5) is 5.69 Å². The number of ketones is 1. The maximum absolute atomic E-state index is 12.9. The lowest BCUT2D eigenvalue weighted by atomic mass is 9.88. The van der Waals surface area contributed by atoms with Crippen LogP contribution in [0.5, 0.6) is 5.75 Å². The fraction of sp³-hybridized carbons (Fsp3) is 0.591. The van der Waals surface area contributed by atoms with Crippen LogP contribution in [0.25, 0.3) is 0 Å². The first-order valence-corrected chi connectivity index (χ1v) is 10.4. The molecule has 1 fully saturated rings. The number of ether oxygens (including phenoxy) is 1. The number of Topliss-reactive ketones (excluding diaryl/α,β-unsaturated/α-hetero) is 1. The van der Waals surface area contributed by atoms with Crippen LogP contribution in [0.3, 0.4) is 0 Å². The Balaban J connectivity index is 1.57. The molecule has 0 aromatic heterocycles. The molecule has 0 unspecified atom stereocenters. The van der Waals surface area contributed by atoms with Gasteiger partial charge in [-0.05, 0) is 71.8 Å². The van der Waals surface area contributed by atoms with Crippen molar-refractivity contribution in [3.8, 4) is 5.75 Å². The van der Waals surface area contributed by atoms with Crippen molar-refractivity contribution in [1.82, 2.24) is 9.80 Å². The predicted octanol–water partition coefficient (Wildman–Crippen LogP) is 2.56. The third-order valence-corrected chi connectivity index (χ3v) is 5.61. The number of hydrogen-bond acceptors (Lipinski definition) is 5. The quantitative estimate of drug-likeness (QED) is 0.741. The number of fused-ring (bicyclic) bond motifs is 1. The predicted molar refractivity (Wildman–Crippen MR) is 111 cm³/mol. The number of rotatable bonds is 6. The average molecular weight is 402 g/mol. The fourth-order valence-corrected chi connectivity index (χ4v) is 4.27. The molecule has 0 radical (unpaired) electrons. The standard InChI is InChI=1S/C22H31N3O4/c1-14(2)25(15(3)4)21(27)12-24-9-7-16(8-10-24)22(28)17-5-6-19-18(11-17)23-20(26)13-29-19/h5-6,11,14-16H,7-10,12-13H2,1-4H3,(H,23,26). The van der Waals surface area contributed by atoms with Gasteiger partial charge in [0.2, 0.25) is 5.91 Å². The van der Waals surface area contributed by atoms with E-state index in [0.29, 0.717) is 23.5 Å². The van der Waals surface area contributed by atoms with Crippen molar-refractivity contribution in [3.05, 3.63) is 23.8 Å². The number of amides is 2. The van der Waals surface area contributed by atoms with Crippen molar-refractivity contribution in [1.29, 1.82) is 0 Å². The first-order valence-electron chi connectivity index (χ1n) is 10.4. The molecule has 1 aromatic rings. The van der Waals surface area contributed by atoms with Gasteiger partial charge in [0.25, 0.3) is 5.91 Å². The second-order valence-corrected chi connectivity index (χ2v) is 8.45. The summed E-state index contributed by atoms with van der Waals surface area (Å²) < 4.78 is 5.35. The Morgan fingerprint density at radius 3 is 2.45 bits per heavy atom. The van der Waals surface area contributed by atoms with Crippen LogP contribution in [-0.2, 0) is 9.59 Å². The lowest BCUT2D eigenvalue weighted by Crippen LogP contribution is -2.48. The van der Waals surface area contributed by atoms with Gasteiger partial charge in [-0.1, -0.05) is 0 Å². The summed E-state index contributed by atoms with van der Waals surface area (Å²) in [5, 5.41) is 2.75. The Labute approximate surface area is 172 Å². The molecule has 0 spiro atoms. The van der Waals surface area contributed by atoms with E-state index in [4.69, 9.17) is 4.74 Å². The third kappa shape index (κ3) is 4.96. The zero-order chi connectivity index (χ0) is 21.1. The van der Waals surface area contributed by atoms with Gasteiger partial charge in [0.05, 0.1) is 12.2 Å². The highest BCUT2D eigenvalue weighted by molar-refractivity contribution is 6.01. The maximum atomic E-state index is 12.9. The molecule has 2 heterocycles. The molecular weight excluding hydrogens is 370 g/mol. The fourth-order valence-electron chi connectivity index (χ4n) is 4.27. The minimum atomic E-state index is -0.211. The largest absolute Gasteiger partial charge is 0.482 e. The molecule has 1 saturated heterocycles. The summed E-state index contributed by atoms with van der Waals surface area (Å²) in [5.41, 5.74) is 1.15. The zero-order valence-corrected chi connectivity index (χ0v) is 17.7. The molecule has 2 amide bonds. The van der Waals surface area contributed by atoms with Gasteiger partial charge in [0.15, 0.2) is 12.4 Å². The molecule has 7 nitrogen and oxygen atoms in total. The molecule has 1 aromatic carbocycles. The van der Waals surface area contributed by atoms with Crippen LogP contribution >= 0.6 is 0 Å². The van der Waals surface area contributed by atoms with Gasteiger partial charge in [-0.25, -0.2) is 0 Å². The van der Waals surface area contributed by atoms with E-state index in [1.54, 1.807) is 18.2 Å². The van der Waals surface area contributed by atoms with Crippen molar-refractivity contribution in [2.75, 3.05) is 31.6 Å². The van der Waals surface area contributed by atoms with Crippen LogP contribution in [0.15, 0.2) is 18.2 Å². The Bertz CT molecular complexity index is 774. The minimum absolute atomic E-state index is 0.00250.